The highest BCUT2D eigenvalue weighted by Gasteiger charge is 2.30. The predicted octanol–water partition coefficient (Wildman–Crippen LogP) is 18.9. The van der Waals surface area contributed by atoms with Gasteiger partial charge in [-0.15, -0.1) is 0 Å². The van der Waals surface area contributed by atoms with Crippen molar-refractivity contribution in [1.82, 2.24) is 0 Å². The molecule has 0 radical (unpaired) electrons. The molecule has 0 atom stereocenters. The van der Waals surface area contributed by atoms with E-state index in [-0.39, 0.29) is 5.41 Å². The maximum atomic E-state index is 2.43. The van der Waals surface area contributed by atoms with Crippen LogP contribution >= 0.6 is 0 Å². The summed E-state index contributed by atoms with van der Waals surface area (Å²) in [6, 6.07) is 37.3. The van der Waals surface area contributed by atoms with E-state index in [2.05, 4.69) is 365 Å². The zero-order valence-corrected chi connectivity index (χ0v) is 68.7. The SMILES string of the molecule is CCC(CC)c1ccc(C)c(-c2cc(C)c([Si](C)(C)C)c[n+]2C)c1.Cc1ccc(C(C)(C)C)cc1-c1cc(C)c([Si](C)(C)C)c[n+]1C.Cc1ccc(C(C)C)cc1-c1cc(C)c([Si](C)(C)C)c[n+]1C.Cc1ccc(CC(C)C)cc1-c1cc(C)c([Si](C)(C)C)c[n+]1C. The van der Waals surface area contributed by atoms with Gasteiger partial charge in [-0.25, -0.2) is 18.3 Å². The fourth-order valence-corrected chi connectivity index (χ4v) is 20.7. The molecule has 0 fully saturated rings. The highest BCUT2D eigenvalue weighted by atomic mass is 28.3. The molecule has 0 spiro atoms. The summed E-state index contributed by atoms with van der Waals surface area (Å²) in [5.74, 6) is 1.92. The van der Waals surface area contributed by atoms with Gasteiger partial charge in [0.1, 0.15) is 28.2 Å². The molecule has 8 heteroatoms. The standard InChI is InChI=1S/C22H34NSi.2C21H32NSi.C20H30NSi/c1-9-18(10-2)19-12-11-16(3)20(14-19)21-13-17(4)22(15-23(21)5)24(6,7)8;1-15-10-11-17(21(3,4)5)13-18(15)19-12-16(2)20(14-22(19)6)23(7,8)9;1-15(2)11-18-10-9-16(3)19(13-18)20-12-17(4)21(14-22(20)5)23(6,7)8;1-14(2)17-10-9-15(3)18(12-17)19-11-16(4)20(13-21(19)5)22(6,7)8/h11-15,18H,9-10H2,1-8H3;10-14H,1-9H3;9-10,12-15H,11H2,1-8H3;9-14H,1-8H3/q4*+1. The van der Waals surface area contributed by atoms with Gasteiger partial charge in [0.15, 0.2) is 24.8 Å². The molecule has 0 N–H and O–H groups in total. The van der Waals surface area contributed by atoms with Crippen molar-refractivity contribution >= 4 is 53.0 Å². The van der Waals surface area contributed by atoms with Crippen LogP contribution in [0, 0.1) is 61.3 Å². The summed E-state index contributed by atoms with van der Waals surface area (Å²) in [7, 11) is 3.53. The maximum Gasteiger partial charge on any atom is 0.212 e. The summed E-state index contributed by atoms with van der Waals surface area (Å²) in [6.45, 7) is 67.5. The van der Waals surface area contributed by atoms with Crippen LogP contribution in [-0.2, 0) is 40.0 Å². The van der Waals surface area contributed by atoms with Crippen LogP contribution in [0.2, 0.25) is 78.6 Å². The quantitative estimate of drug-likeness (QED) is 0.0762. The van der Waals surface area contributed by atoms with Gasteiger partial charge in [-0.05, 0) is 189 Å². The first-order valence-corrected chi connectivity index (χ1v) is 48.8. The van der Waals surface area contributed by atoms with Crippen molar-refractivity contribution in [3.05, 3.63) is 189 Å². The summed E-state index contributed by atoms with van der Waals surface area (Å²) in [5.41, 5.74) is 27.8. The fourth-order valence-electron chi connectivity index (χ4n) is 13.3. The minimum atomic E-state index is -1.31. The molecule has 0 saturated heterocycles. The predicted molar refractivity (Wildman–Crippen MR) is 417 cm³/mol. The number of nitrogens with zero attached hydrogens (tertiary/aromatic N) is 4. The Morgan fingerprint density at radius 2 is 0.630 bits per heavy atom. The number of aromatic nitrogens is 4. The summed E-state index contributed by atoms with van der Waals surface area (Å²) in [4.78, 5) is 0. The maximum absolute atomic E-state index is 2.43. The van der Waals surface area contributed by atoms with Gasteiger partial charge >= 0.3 is 0 Å². The molecule has 0 aliphatic heterocycles. The van der Waals surface area contributed by atoms with Crippen molar-refractivity contribution in [2.75, 3.05) is 0 Å². The molecule has 0 amide bonds. The van der Waals surface area contributed by atoms with Gasteiger partial charge in [-0.2, -0.15) is 0 Å². The van der Waals surface area contributed by atoms with Crippen LogP contribution < -0.4 is 39.0 Å². The monoisotopic (exact) mass is 1300 g/mol. The van der Waals surface area contributed by atoms with Gasteiger partial charge in [0.2, 0.25) is 22.8 Å². The Kier molecular flexibility index (Phi) is 25.8. The molecule has 496 valence electrons. The highest BCUT2D eigenvalue weighted by molar-refractivity contribution is 6.90. The lowest BCUT2D eigenvalue weighted by molar-refractivity contribution is -0.659. The van der Waals surface area contributed by atoms with Gasteiger partial charge in [-0.1, -0.05) is 189 Å². The molecule has 0 bridgehead atoms. The van der Waals surface area contributed by atoms with Crippen LogP contribution in [0.5, 0.6) is 0 Å². The average molecular weight is 1310 g/mol. The molecule has 92 heavy (non-hydrogen) atoms. The Morgan fingerprint density at radius 3 is 0.924 bits per heavy atom. The van der Waals surface area contributed by atoms with Crippen LogP contribution in [-0.4, -0.2) is 32.3 Å². The number of hydrogen-bond donors (Lipinski definition) is 0. The number of aryl methyl sites for hydroxylation is 12. The summed E-state index contributed by atoms with van der Waals surface area (Å²) < 4.78 is 9.28. The second-order valence-corrected chi connectivity index (χ2v) is 53.5. The number of rotatable bonds is 14. The van der Waals surface area contributed by atoms with E-state index in [9.17, 15) is 0 Å². The van der Waals surface area contributed by atoms with Crippen molar-refractivity contribution in [3.63, 3.8) is 0 Å². The first kappa shape index (κ1) is 77.1. The van der Waals surface area contributed by atoms with Crippen molar-refractivity contribution < 1.29 is 18.3 Å². The summed E-state index contributed by atoms with van der Waals surface area (Å²) >= 11 is 0. The van der Waals surface area contributed by atoms with Crippen LogP contribution in [0.1, 0.15) is 154 Å². The zero-order chi connectivity index (χ0) is 69.7. The largest absolute Gasteiger partial charge is 0.212 e. The van der Waals surface area contributed by atoms with Crippen molar-refractivity contribution in [2.24, 2.45) is 34.1 Å². The van der Waals surface area contributed by atoms with Crippen LogP contribution in [0.3, 0.4) is 0 Å². The summed E-state index contributed by atoms with van der Waals surface area (Å²) in [6.07, 6.45) is 13.0. The second-order valence-electron chi connectivity index (χ2n) is 33.3. The Morgan fingerprint density at radius 1 is 0.348 bits per heavy atom. The molecule has 0 aliphatic rings. The molecular formula is C84H128N4Si4+4. The first-order chi connectivity index (χ1) is 42.3. The Labute approximate surface area is 568 Å². The first-order valence-electron chi connectivity index (χ1n) is 34.8. The van der Waals surface area contributed by atoms with E-state index in [1.807, 2.05) is 0 Å². The van der Waals surface area contributed by atoms with Crippen molar-refractivity contribution in [2.45, 2.75) is 233 Å². The minimum Gasteiger partial charge on any atom is -0.201 e. The lowest BCUT2D eigenvalue weighted by atomic mass is 9.85. The molecule has 4 aromatic heterocycles. The van der Waals surface area contributed by atoms with E-state index < -0.39 is 32.3 Å². The Hall–Kier alpha value is -5.65. The molecule has 4 nitrogen and oxygen atoms in total. The van der Waals surface area contributed by atoms with E-state index in [1.165, 1.54) is 125 Å². The van der Waals surface area contributed by atoms with Crippen molar-refractivity contribution in [1.29, 1.82) is 0 Å². The van der Waals surface area contributed by atoms with E-state index in [4.69, 9.17) is 0 Å². The van der Waals surface area contributed by atoms with Gasteiger partial charge in [0.25, 0.3) is 0 Å². The molecule has 0 unspecified atom stereocenters. The molecule has 8 rings (SSSR count). The third-order valence-electron chi connectivity index (χ3n) is 19.0. The van der Waals surface area contributed by atoms with E-state index >= 15 is 0 Å². The minimum absolute atomic E-state index is 0.175. The van der Waals surface area contributed by atoms with Gasteiger partial charge < -0.3 is 0 Å². The zero-order valence-electron chi connectivity index (χ0n) is 64.7. The van der Waals surface area contributed by atoms with Gasteiger partial charge in [0, 0.05) is 67.3 Å². The number of pyridine rings is 4. The Balaban J connectivity index is 0.000000223. The van der Waals surface area contributed by atoms with Crippen molar-refractivity contribution in [3.8, 4) is 45.0 Å². The highest BCUT2D eigenvalue weighted by Crippen LogP contribution is 2.32. The van der Waals surface area contributed by atoms with E-state index in [1.54, 1.807) is 20.7 Å². The molecule has 4 heterocycles. The number of hydrogen-bond acceptors (Lipinski definition) is 0. The Bertz CT molecular complexity index is 3860. The topological polar surface area (TPSA) is 15.5 Å². The van der Waals surface area contributed by atoms with Crippen LogP contribution in [0.25, 0.3) is 45.0 Å². The lowest BCUT2D eigenvalue weighted by Gasteiger charge is -2.21. The second kappa shape index (κ2) is 30.8. The lowest BCUT2D eigenvalue weighted by Crippen LogP contribution is -2.46. The molecule has 4 aromatic carbocycles. The molecular weight excluding hydrogens is 1180 g/mol. The smallest absolute Gasteiger partial charge is 0.201 e. The third-order valence-corrected chi connectivity index (χ3v) is 27.5. The van der Waals surface area contributed by atoms with Crippen LogP contribution in [0.4, 0.5) is 0 Å². The van der Waals surface area contributed by atoms with Crippen LogP contribution in [0.15, 0.2) is 122 Å². The molecule has 8 aromatic rings. The average Bonchev–Trinajstić information content (AvgIpc) is 1.01. The third kappa shape index (κ3) is 19.7. The van der Waals surface area contributed by atoms with E-state index in [0.29, 0.717) is 17.8 Å². The molecule has 0 saturated carbocycles. The van der Waals surface area contributed by atoms with Gasteiger partial charge in [-0.3, -0.25) is 0 Å². The van der Waals surface area contributed by atoms with Gasteiger partial charge in [0.05, 0.1) is 32.3 Å². The van der Waals surface area contributed by atoms with E-state index in [0.717, 1.165) is 6.42 Å². The summed E-state index contributed by atoms with van der Waals surface area (Å²) in [5, 5.41) is 6.21. The molecule has 0 aliphatic carbocycles. The number of benzene rings is 4. The fraction of sp³-hybridized carbons (Fsp3) is 0.476. The normalized spacial score (nSPS) is 12.2.